The number of esters is 1. The summed E-state index contributed by atoms with van der Waals surface area (Å²) in [5.74, 6) is 0.486. The number of ether oxygens (including phenoxy) is 2. The topological polar surface area (TPSA) is 38.8 Å². The molecule has 4 nitrogen and oxygen atoms in total. The number of rotatable bonds is 5. The van der Waals surface area contributed by atoms with Gasteiger partial charge in [0, 0.05) is 19.6 Å². The van der Waals surface area contributed by atoms with Gasteiger partial charge in [0.25, 0.3) is 0 Å². The lowest BCUT2D eigenvalue weighted by molar-refractivity contribution is 0.0104. The smallest absolute Gasteiger partial charge is 0.338 e. The molecule has 1 aliphatic heterocycles. The first-order valence-corrected chi connectivity index (χ1v) is 8.36. The summed E-state index contributed by atoms with van der Waals surface area (Å²) >= 11 is 0. The molecule has 0 N–H and O–H groups in total. The second-order valence-corrected chi connectivity index (χ2v) is 6.09. The summed E-state index contributed by atoms with van der Waals surface area (Å²) in [6, 6.07) is 17.5. The standard InChI is InChI=1S/C20H23NO3/c1-23-18-9-7-17(8-10-18)20(22)24-19-11-13-21(14-12-19)15-16-5-3-2-4-6-16/h2-10,19H,11-15H2,1H3. The van der Waals surface area contributed by atoms with Crippen LogP contribution in [0, 0.1) is 0 Å². The number of hydrogen-bond acceptors (Lipinski definition) is 4. The zero-order valence-corrected chi connectivity index (χ0v) is 14.0. The van der Waals surface area contributed by atoms with Crippen molar-refractivity contribution < 1.29 is 14.3 Å². The molecule has 4 heteroatoms. The van der Waals surface area contributed by atoms with Crippen molar-refractivity contribution in [2.75, 3.05) is 20.2 Å². The highest BCUT2D eigenvalue weighted by atomic mass is 16.5. The molecule has 1 fully saturated rings. The van der Waals surface area contributed by atoms with E-state index in [0.29, 0.717) is 5.56 Å². The molecular weight excluding hydrogens is 302 g/mol. The molecule has 0 aliphatic carbocycles. The molecule has 0 aromatic heterocycles. The van der Waals surface area contributed by atoms with Crippen LogP contribution in [-0.2, 0) is 11.3 Å². The highest BCUT2D eigenvalue weighted by Gasteiger charge is 2.22. The van der Waals surface area contributed by atoms with Gasteiger partial charge in [-0.05, 0) is 42.7 Å². The summed E-state index contributed by atoms with van der Waals surface area (Å²) < 4.78 is 10.7. The van der Waals surface area contributed by atoms with Crippen molar-refractivity contribution in [3.8, 4) is 5.75 Å². The number of nitrogens with zero attached hydrogens (tertiary/aromatic N) is 1. The average molecular weight is 325 g/mol. The van der Waals surface area contributed by atoms with Crippen LogP contribution in [0.1, 0.15) is 28.8 Å². The maximum atomic E-state index is 12.2. The van der Waals surface area contributed by atoms with Crippen molar-refractivity contribution in [2.24, 2.45) is 0 Å². The molecule has 0 atom stereocenters. The van der Waals surface area contributed by atoms with Crippen LogP contribution in [0.2, 0.25) is 0 Å². The van der Waals surface area contributed by atoms with E-state index in [1.54, 1.807) is 31.4 Å². The Morgan fingerprint density at radius 2 is 1.71 bits per heavy atom. The largest absolute Gasteiger partial charge is 0.497 e. The summed E-state index contributed by atoms with van der Waals surface area (Å²) in [6.45, 7) is 2.87. The van der Waals surface area contributed by atoms with E-state index in [2.05, 4.69) is 29.2 Å². The van der Waals surface area contributed by atoms with Crippen LogP contribution < -0.4 is 4.74 Å². The lowest BCUT2D eigenvalue weighted by Gasteiger charge is -2.31. The molecule has 0 amide bonds. The highest BCUT2D eigenvalue weighted by molar-refractivity contribution is 5.89. The molecule has 3 rings (SSSR count). The number of piperidine rings is 1. The van der Waals surface area contributed by atoms with Gasteiger partial charge in [-0.25, -0.2) is 4.79 Å². The van der Waals surface area contributed by atoms with Gasteiger partial charge in [-0.3, -0.25) is 4.90 Å². The molecule has 0 bridgehead atoms. The SMILES string of the molecule is COc1ccc(C(=O)OC2CCN(Cc3ccccc3)CC2)cc1. The summed E-state index contributed by atoms with van der Waals surface area (Å²) in [6.07, 6.45) is 1.77. The molecule has 1 saturated heterocycles. The van der Waals surface area contributed by atoms with E-state index >= 15 is 0 Å². The van der Waals surface area contributed by atoms with Crippen LogP contribution in [0.3, 0.4) is 0 Å². The number of methoxy groups -OCH3 is 1. The molecule has 2 aromatic carbocycles. The van der Waals surface area contributed by atoms with Crippen molar-refractivity contribution >= 4 is 5.97 Å². The molecule has 2 aromatic rings. The van der Waals surface area contributed by atoms with Gasteiger partial charge in [0.1, 0.15) is 11.9 Å². The molecule has 0 saturated carbocycles. The minimum absolute atomic E-state index is 0.00613. The third-order valence-corrected chi connectivity index (χ3v) is 4.38. The lowest BCUT2D eigenvalue weighted by atomic mass is 10.1. The van der Waals surface area contributed by atoms with E-state index in [1.807, 2.05) is 6.07 Å². The van der Waals surface area contributed by atoms with Crippen molar-refractivity contribution in [3.05, 3.63) is 65.7 Å². The summed E-state index contributed by atoms with van der Waals surface area (Å²) in [4.78, 5) is 14.6. The van der Waals surface area contributed by atoms with Gasteiger partial charge in [0.2, 0.25) is 0 Å². The maximum Gasteiger partial charge on any atom is 0.338 e. The molecule has 1 aliphatic rings. The Hall–Kier alpha value is -2.33. The fourth-order valence-corrected chi connectivity index (χ4v) is 2.97. The average Bonchev–Trinajstić information content (AvgIpc) is 2.64. The first-order valence-electron chi connectivity index (χ1n) is 8.36. The lowest BCUT2D eigenvalue weighted by Crippen LogP contribution is -2.37. The molecular formula is C20H23NO3. The summed E-state index contributed by atoms with van der Waals surface area (Å²) in [5.41, 5.74) is 1.90. The van der Waals surface area contributed by atoms with E-state index < -0.39 is 0 Å². The van der Waals surface area contributed by atoms with Gasteiger partial charge in [0.15, 0.2) is 0 Å². The Balaban J connectivity index is 1.47. The Kier molecular flexibility index (Phi) is 5.49. The quantitative estimate of drug-likeness (QED) is 0.789. The molecule has 1 heterocycles. The van der Waals surface area contributed by atoms with E-state index in [1.165, 1.54) is 5.56 Å². The number of carbonyl (C=O) groups excluding carboxylic acids is 1. The Labute approximate surface area is 143 Å². The van der Waals surface area contributed by atoms with Gasteiger partial charge in [-0.15, -0.1) is 0 Å². The van der Waals surface area contributed by atoms with Crippen molar-refractivity contribution in [3.63, 3.8) is 0 Å². The van der Waals surface area contributed by atoms with Crippen LogP contribution in [0.25, 0.3) is 0 Å². The van der Waals surface area contributed by atoms with E-state index in [-0.39, 0.29) is 12.1 Å². The van der Waals surface area contributed by atoms with Gasteiger partial charge >= 0.3 is 5.97 Å². The van der Waals surface area contributed by atoms with E-state index in [9.17, 15) is 4.79 Å². The van der Waals surface area contributed by atoms with Crippen molar-refractivity contribution in [1.82, 2.24) is 4.90 Å². The summed E-state index contributed by atoms with van der Waals surface area (Å²) in [7, 11) is 1.61. The molecule has 0 radical (unpaired) electrons. The number of hydrogen-bond donors (Lipinski definition) is 0. The molecule has 126 valence electrons. The normalized spacial score (nSPS) is 15.9. The highest BCUT2D eigenvalue weighted by Crippen LogP contribution is 2.19. The van der Waals surface area contributed by atoms with Crippen LogP contribution in [-0.4, -0.2) is 37.2 Å². The Morgan fingerprint density at radius 1 is 1.04 bits per heavy atom. The van der Waals surface area contributed by atoms with Crippen LogP contribution in [0.15, 0.2) is 54.6 Å². The predicted octanol–water partition coefficient (Wildman–Crippen LogP) is 3.52. The Bertz CT molecular complexity index is 646. The van der Waals surface area contributed by atoms with E-state index in [0.717, 1.165) is 38.2 Å². The van der Waals surface area contributed by atoms with Gasteiger partial charge < -0.3 is 9.47 Å². The first-order chi connectivity index (χ1) is 11.7. The van der Waals surface area contributed by atoms with Crippen LogP contribution in [0.5, 0.6) is 5.75 Å². The molecule has 0 unspecified atom stereocenters. The van der Waals surface area contributed by atoms with Crippen molar-refractivity contribution in [2.45, 2.75) is 25.5 Å². The summed E-state index contributed by atoms with van der Waals surface area (Å²) in [5, 5.41) is 0. The fourth-order valence-electron chi connectivity index (χ4n) is 2.97. The van der Waals surface area contributed by atoms with Gasteiger partial charge in [-0.2, -0.15) is 0 Å². The monoisotopic (exact) mass is 325 g/mol. The van der Waals surface area contributed by atoms with Crippen LogP contribution in [0.4, 0.5) is 0 Å². The Morgan fingerprint density at radius 3 is 2.33 bits per heavy atom. The van der Waals surface area contributed by atoms with E-state index in [4.69, 9.17) is 9.47 Å². The van der Waals surface area contributed by atoms with Crippen molar-refractivity contribution in [1.29, 1.82) is 0 Å². The second-order valence-electron chi connectivity index (χ2n) is 6.09. The third-order valence-electron chi connectivity index (χ3n) is 4.38. The fraction of sp³-hybridized carbons (Fsp3) is 0.350. The maximum absolute atomic E-state index is 12.2. The number of likely N-dealkylation sites (tertiary alicyclic amines) is 1. The predicted molar refractivity (Wildman–Crippen MR) is 93.2 cm³/mol. The zero-order chi connectivity index (χ0) is 16.8. The first kappa shape index (κ1) is 16.5. The zero-order valence-electron chi connectivity index (χ0n) is 14.0. The minimum Gasteiger partial charge on any atom is -0.497 e. The van der Waals surface area contributed by atoms with Gasteiger partial charge in [-0.1, -0.05) is 30.3 Å². The second kappa shape index (κ2) is 7.97. The minimum atomic E-state index is -0.251. The third kappa shape index (κ3) is 4.36. The molecule has 24 heavy (non-hydrogen) atoms. The van der Waals surface area contributed by atoms with Crippen LogP contribution >= 0.6 is 0 Å². The number of carbonyl (C=O) groups is 1. The molecule has 0 spiro atoms. The van der Waals surface area contributed by atoms with Gasteiger partial charge in [0.05, 0.1) is 12.7 Å². The number of benzene rings is 2.